The zero-order chi connectivity index (χ0) is 15.7. The summed E-state index contributed by atoms with van der Waals surface area (Å²) in [6, 6.07) is 3.97. The first-order valence-corrected chi connectivity index (χ1v) is 7.82. The van der Waals surface area contributed by atoms with Gasteiger partial charge in [-0.15, -0.1) is 0 Å². The first-order chi connectivity index (χ1) is 10.1. The Morgan fingerprint density at radius 3 is 2.57 bits per heavy atom. The van der Waals surface area contributed by atoms with E-state index < -0.39 is 17.8 Å². The highest BCUT2D eigenvalue weighted by molar-refractivity contribution is 7.08. The lowest BCUT2D eigenvalue weighted by Gasteiger charge is -2.19. The van der Waals surface area contributed by atoms with E-state index in [2.05, 4.69) is 6.07 Å². The number of esters is 2. The van der Waals surface area contributed by atoms with Gasteiger partial charge in [-0.05, 0) is 42.7 Å². The molecule has 0 aliphatic heterocycles. The summed E-state index contributed by atoms with van der Waals surface area (Å²) >= 11 is 1.46. The molecule has 2 atom stereocenters. The molecule has 0 aliphatic rings. The fraction of sp³-hybridized carbons (Fsp3) is 0.533. The first-order valence-electron chi connectivity index (χ1n) is 6.87. The molecule has 1 heterocycles. The Balaban J connectivity index is 2.83. The zero-order valence-electron chi connectivity index (χ0n) is 12.2. The number of hydrogen-bond donors (Lipinski definition) is 0. The van der Waals surface area contributed by atoms with Gasteiger partial charge >= 0.3 is 11.9 Å². The second-order valence-corrected chi connectivity index (χ2v) is 5.15. The molecule has 21 heavy (non-hydrogen) atoms. The van der Waals surface area contributed by atoms with Crippen molar-refractivity contribution in [2.75, 3.05) is 13.2 Å². The van der Waals surface area contributed by atoms with E-state index in [1.165, 1.54) is 11.3 Å². The minimum Gasteiger partial charge on any atom is -0.466 e. The Morgan fingerprint density at radius 1 is 1.33 bits per heavy atom. The van der Waals surface area contributed by atoms with E-state index in [0.29, 0.717) is 6.61 Å². The minimum atomic E-state index is -0.658. The smallest absolute Gasteiger partial charge is 0.310 e. The van der Waals surface area contributed by atoms with Crippen LogP contribution in [0.5, 0.6) is 0 Å². The summed E-state index contributed by atoms with van der Waals surface area (Å²) in [6.07, 6.45) is 0.339. The van der Waals surface area contributed by atoms with Gasteiger partial charge in [0.2, 0.25) is 0 Å². The van der Waals surface area contributed by atoms with Gasteiger partial charge in [0.05, 0.1) is 31.1 Å². The molecule has 5 nitrogen and oxygen atoms in total. The third kappa shape index (κ3) is 5.20. The fourth-order valence-corrected chi connectivity index (χ4v) is 2.72. The van der Waals surface area contributed by atoms with Crippen molar-refractivity contribution in [2.24, 2.45) is 5.92 Å². The molecule has 6 heteroatoms. The van der Waals surface area contributed by atoms with Gasteiger partial charge in [-0.1, -0.05) is 0 Å². The van der Waals surface area contributed by atoms with Crippen LogP contribution in [0.15, 0.2) is 16.8 Å². The second-order valence-electron chi connectivity index (χ2n) is 4.37. The molecule has 0 fully saturated rings. The Morgan fingerprint density at radius 2 is 2.05 bits per heavy atom. The molecule has 0 bridgehead atoms. The first kappa shape index (κ1) is 17.2. The van der Waals surface area contributed by atoms with Crippen LogP contribution in [0.4, 0.5) is 0 Å². The van der Waals surface area contributed by atoms with Crippen LogP contribution in [0.3, 0.4) is 0 Å². The molecule has 0 N–H and O–H groups in total. The third-order valence-corrected chi connectivity index (χ3v) is 3.70. The van der Waals surface area contributed by atoms with Crippen LogP contribution in [-0.2, 0) is 19.1 Å². The zero-order valence-corrected chi connectivity index (χ0v) is 13.0. The highest BCUT2D eigenvalue weighted by Gasteiger charge is 2.31. The van der Waals surface area contributed by atoms with Crippen LogP contribution in [-0.4, -0.2) is 25.2 Å². The quantitative estimate of drug-likeness (QED) is 0.690. The normalized spacial score (nSPS) is 13.0. The predicted molar refractivity (Wildman–Crippen MR) is 78.7 cm³/mol. The molecule has 1 aromatic rings. The summed E-state index contributed by atoms with van der Waals surface area (Å²) < 4.78 is 9.90. The summed E-state index contributed by atoms with van der Waals surface area (Å²) in [6.45, 7) is 3.99. The summed E-state index contributed by atoms with van der Waals surface area (Å²) in [5.41, 5.74) is 0.782. The van der Waals surface area contributed by atoms with E-state index in [1.54, 1.807) is 13.8 Å². The van der Waals surface area contributed by atoms with Gasteiger partial charge in [0.15, 0.2) is 0 Å². The van der Waals surface area contributed by atoms with Gasteiger partial charge < -0.3 is 9.47 Å². The van der Waals surface area contributed by atoms with Gasteiger partial charge in [-0.25, -0.2) is 0 Å². The van der Waals surface area contributed by atoms with Crippen LogP contribution in [0.1, 0.15) is 38.2 Å². The average Bonchev–Trinajstić information content (AvgIpc) is 2.97. The number of hydrogen-bond acceptors (Lipinski definition) is 6. The lowest BCUT2D eigenvalue weighted by atomic mass is 9.85. The monoisotopic (exact) mass is 309 g/mol. The van der Waals surface area contributed by atoms with Crippen molar-refractivity contribution in [2.45, 2.75) is 32.6 Å². The van der Waals surface area contributed by atoms with Gasteiger partial charge in [0.25, 0.3) is 0 Å². The number of rotatable bonds is 8. The molecule has 114 valence electrons. The highest BCUT2D eigenvalue weighted by Crippen LogP contribution is 2.30. The Hall–Kier alpha value is -1.87. The molecule has 0 spiro atoms. The van der Waals surface area contributed by atoms with Crippen molar-refractivity contribution in [3.8, 4) is 6.07 Å². The Bertz CT molecular complexity index is 492. The molecule has 0 radical (unpaired) electrons. The second kappa shape index (κ2) is 9.14. The van der Waals surface area contributed by atoms with Crippen LogP contribution in [0.2, 0.25) is 0 Å². The van der Waals surface area contributed by atoms with Crippen molar-refractivity contribution in [1.82, 2.24) is 0 Å². The Kier molecular flexibility index (Phi) is 7.48. The summed E-state index contributed by atoms with van der Waals surface area (Å²) in [7, 11) is 0. The SMILES string of the molecule is CCOC(=O)CCC(C(=O)OCC)C(C#N)c1ccsc1. The van der Waals surface area contributed by atoms with E-state index >= 15 is 0 Å². The topological polar surface area (TPSA) is 76.4 Å². The molecule has 1 rings (SSSR count). The summed E-state index contributed by atoms with van der Waals surface area (Å²) in [4.78, 5) is 23.6. The number of ether oxygens (including phenoxy) is 2. The fourth-order valence-electron chi connectivity index (χ4n) is 2.03. The van der Waals surface area contributed by atoms with Crippen LogP contribution in [0, 0.1) is 17.2 Å². The van der Waals surface area contributed by atoms with E-state index in [9.17, 15) is 14.9 Å². The molecule has 0 amide bonds. The van der Waals surface area contributed by atoms with Gasteiger partial charge in [0, 0.05) is 6.42 Å². The lowest BCUT2D eigenvalue weighted by molar-refractivity contribution is -0.149. The van der Waals surface area contributed by atoms with Crippen molar-refractivity contribution < 1.29 is 19.1 Å². The predicted octanol–water partition coefficient (Wildman–Crippen LogP) is 2.88. The molecule has 0 saturated carbocycles. The standard InChI is InChI=1S/C15H19NO4S/c1-3-19-14(17)6-5-12(15(18)20-4-2)13(9-16)11-7-8-21-10-11/h7-8,10,12-13H,3-6H2,1-2H3. The van der Waals surface area contributed by atoms with Crippen molar-refractivity contribution in [3.05, 3.63) is 22.4 Å². The van der Waals surface area contributed by atoms with E-state index in [0.717, 1.165) is 5.56 Å². The third-order valence-electron chi connectivity index (χ3n) is 3.00. The highest BCUT2D eigenvalue weighted by atomic mass is 32.1. The van der Waals surface area contributed by atoms with Gasteiger partial charge in [0.1, 0.15) is 0 Å². The van der Waals surface area contributed by atoms with Crippen molar-refractivity contribution >= 4 is 23.3 Å². The maximum atomic E-state index is 12.1. The van der Waals surface area contributed by atoms with Crippen LogP contribution < -0.4 is 0 Å². The van der Waals surface area contributed by atoms with E-state index in [-0.39, 0.29) is 25.4 Å². The van der Waals surface area contributed by atoms with Gasteiger partial charge in [-0.3, -0.25) is 9.59 Å². The molecular weight excluding hydrogens is 290 g/mol. The number of thiophene rings is 1. The van der Waals surface area contributed by atoms with E-state index in [1.807, 2.05) is 16.8 Å². The number of nitriles is 1. The van der Waals surface area contributed by atoms with Crippen LogP contribution in [0.25, 0.3) is 0 Å². The number of nitrogens with zero attached hydrogens (tertiary/aromatic N) is 1. The molecule has 1 aromatic heterocycles. The van der Waals surface area contributed by atoms with Crippen molar-refractivity contribution in [3.63, 3.8) is 0 Å². The summed E-state index contributed by atoms with van der Waals surface area (Å²) in [5, 5.41) is 13.1. The summed E-state index contributed by atoms with van der Waals surface area (Å²) in [5.74, 6) is -2.08. The number of carbonyl (C=O) groups excluding carboxylic acids is 2. The Labute approximate surface area is 128 Å². The lowest BCUT2D eigenvalue weighted by Crippen LogP contribution is -2.25. The molecular formula is C15H19NO4S. The van der Waals surface area contributed by atoms with Crippen molar-refractivity contribution in [1.29, 1.82) is 5.26 Å². The molecule has 0 aliphatic carbocycles. The minimum absolute atomic E-state index is 0.0969. The average molecular weight is 309 g/mol. The molecule has 0 aromatic carbocycles. The molecule has 0 saturated heterocycles. The number of carbonyl (C=O) groups is 2. The van der Waals surface area contributed by atoms with E-state index in [4.69, 9.17) is 9.47 Å². The largest absolute Gasteiger partial charge is 0.466 e. The van der Waals surface area contributed by atoms with Gasteiger partial charge in [-0.2, -0.15) is 16.6 Å². The van der Waals surface area contributed by atoms with Crippen LogP contribution >= 0.6 is 11.3 Å². The maximum absolute atomic E-state index is 12.1. The molecule has 2 unspecified atom stereocenters. The maximum Gasteiger partial charge on any atom is 0.310 e.